The van der Waals surface area contributed by atoms with Gasteiger partial charge in [-0.05, 0) is 61.9 Å². The average Bonchev–Trinajstić information content (AvgIpc) is 3.11. The van der Waals surface area contributed by atoms with Crippen molar-refractivity contribution in [2.45, 2.75) is 26.9 Å². The zero-order chi connectivity index (χ0) is 35.4. The highest BCUT2D eigenvalue weighted by Gasteiger charge is 2.19. The van der Waals surface area contributed by atoms with Crippen LogP contribution in [0.4, 0.5) is 4.39 Å². The summed E-state index contributed by atoms with van der Waals surface area (Å²) >= 11 is 11.9. The molecule has 13 heteroatoms. The van der Waals surface area contributed by atoms with E-state index in [4.69, 9.17) is 42.1 Å². The van der Waals surface area contributed by atoms with E-state index >= 15 is 0 Å². The van der Waals surface area contributed by atoms with Crippen molar-refractivity contribution >= 4 is 45.0 Å². The van der Waals surface area contributed by atoms with Gasteiger partial charge in [-0.1, -0.05) is 23.2 Å². The van der Waals surface area contributed by atoms with E-state index in [-0.39, 0.29) is 33.1 Å². The van der Waals surface area contributed by atoms with E-state index in [0.29, 0.717) is 52.0 Å². The van der Waals surface area contributed by atoms with Gasteiger partial charge in [-0.25, -0.2) is 14.4 Å². The summed E-state index contributed by atoms with van der Waals surface area (Å²) in [5, 5.41) is 2.18. The van der Waals surface area contributed by atoms with Gasteiger partial charge in [-0.15, -0.1) is 0 Å². The van der Waals surface area contributed by atoms with Gasteiger partial charge in [0, 0.05) is 59.5 Å². The molecule has 6 rings (SSSR count). The zero-order valence-corrected chi connectivity index (χ0v) is 29.1. The highest BCUT2D eigenvalue weighted by atomic mass is 35.5. The van der Waals surface area contributed by atoms with Crippen LogP contribution >= 0.6 is 23.2 Å². The maximum absolute atomic E-state index is 14.8. The summed E-state index contributed by atoms with van der Waals surface area (Å²) in [4.78, 5) is 34.0. The fourth-order valence-corrected chi connectivity index (χ4v) is 5.83. The van der Waals surface area contributed by atoms with Crippen molar-refractivity contribution in [3.8, 4) is 45.3 Å². The molecular formula is C36H33Cl2FN4O6. The van der Waals surface area contributed by atoms with E-state index in [1.54, 1.807) is 55.4 Å². The summed E-state index contributed by atoms with van der Waals surface area (Å²) in [5.74, 6) is 1.03. The normalized spacial score (nSPS) is 10.9. The maximum Gasteiger partial charge on any atom is 0.259 e. The molecule has 254 valence electrons. The predicted octanol–water partition coefficient (Wildman–Crippen LogP) is 7.65. The first kappa shape index (κ1) is 35.2. The van der Waals surface area contributed by atoms with Crippen LogP contribution in [0.2, 0.25) is 10.3 Å². The molecule has 0 saturated carbocycles. The van der Waals surface area contributed by atoms with Crippen LogP contribution in [0.3, 0.4) is 0 Å². The topological polar surface area (TPSA) is 107 Å². The molecule has 0 radical (unpaired) electrons. The van der Waals surface area contributed by atoms with Crippen molar-refractivity contribution in [2.75, 3.05) is 28.4 Å². The Kier molecular flexibility index (Phi) is 10.7. The van der Waals surface area contributed by atoms with Gasteiger partial charge in [0.1, 0.15) is 27.6 Å². The van der Waals surface area contributed by atoms with Crippen LogP contribution in [0.15, 0.2) is 76.6 Å². The van der Waals surface area contributed by atoms with Crippen LogP contribution in [0.25, 0.3) is 44.1 Å². The Balaban J connectivity index is 0.000000191. The Hall–Kier alpha value is -5.13. The number of nitrogens with zero attached hydrogens (tertiary/aromatic N) is 4. The summed E-state index contributed by atoms with van der Waals surface area (Å²) in [6.07, 6.45) is 3.23. The second-order valence-corrected chi connectivity index (χ2v) is 11.4. The number of pyridine rings is 4. The van der Waals surface area contributed by atoms with E-state index in [2.05, 4.69) is 9.97 Å². The SMILES string of the molecule is CCn1c(=O)c(-c2cc(OC)cc(OC)c2)cc2cnc(Cl)cc21.CCn1c(=O)c(-c2cc(OC)cc(OC)c2F)cc2cnc(Cl)cc21. The summed E-state index contributed by atoms with van der Waals surface area (Å²) in [6, 6.07) is 15.0. The van der Waals surface area contributed by atoms with Gasteiger partial charge in [0.15, 0.2) is 11.6 Å². The molecule has 0 fully saturated rings. The lowest BCUT2D eigenvalue weighted by Gasteiger charge is -2.14. The van der Waals surface area contributed by atoms with Gasteiger partial charge < -0.3 is 28.1 Å². The fourth-order valence-electron chi connectivity index (χ4n) is 5.52. The fraction of sp³-hybridized carbons (Fsp3) is 0.222. The number of aryl methyl sites for hydroxylation is 2. The molecule has 0 N–H and O–H groups in total. The monoisotopic (exact) mass is 706 g/mol. The minimum absolute atomic E-state index is 0.00567. The number of ether oxygens (including phenoxy) is 4. The zero-order valence-electron chi connectivity index (χ0n) is 27.6. The van der Waals surface area contributed by atoms with Crippen LogP contribution in [0, 0.1) is 5.82 Å². The number of fused-ring (bicyclic) bond motifs is 2. The number of halogens is 3. The van der Waals surface area contributed by atoms with Crippen molar-refractivity contribution in [2.24, 2.45) is 0 Å². The molecule has 10 nitrogen and oxygen atoms in total. The quantitative estimate of drug-likeness (QED) is 0.149. The molecule has 0 saturated heterocycles. The summed E-state index contributed by atoms with van der Waals surface area (Å²) in [7, 11) is 5.98. The Bertz CT molecular complexity index is 2290. The smallest absolute Gasteiger partial charge is 0.259 e. The molecular weight excluding hydrogens is 674 g/mol. The molecule has 6 aromatic rings. The first-order valence-electron chi connectivity index (χ1n) is 15.1. The molecule has 2 aromatic carbocycles. The van der Waals surface area contributed by atoms with Crippen molar-refractivity contribution < 1.29 is 23.3 Å². The summed E-state index contributed by atoms with van der Waals surface area (Å²) in [5.41, 5.74) is 2.59. The van der Waals surface area contributed by atoms with E-state index in [9.17, 15) is 14.0 Å². The molecule has 0 unspecified atom stereocenters. The van der Waals surface area contributed by atoms with E-state index in [1.165, 1.54) is 30.9 Å². The largest absolute Gasteiger partial charge is 0.497 e. The predicted molar refractivity (Wildman–Crippen MR) is 190 cm³/mol. The molecule has 49 heavy (non-hydrogen) atoms. The van der Waals surface area contributed by atoms with Crippen LogP contribution < -0.4 is 30.1 Å². The Morgan fingerprint density at radius 2 is 1.08 bits per heavy atom. The molecule has 4 aromatic heterocycles. The van der Waals surface area contributed by atoms with Crippen LogP contribution in [0.5, 0.6) is 23.0 Å². The molecule has 0 atom stereocenters. The van der Waals surface area contributed by atoms with Gasteiger partial charge in [0.05, 0.1) is 45.0 Å². The summed E-state index contributed by atoms with van der Waals surface area (Å²) < 4.78 is 38.8. The molecule has 4 heterocycles. The van der Waals surface area contributed by atoms with Crippen molar-refractivity contribution in [1.29, 1.82) is 0 Å². The third-order valence-electron chi connectivity index (χ3n) is 7.94. The number of hydrogen-bond acceptors (Lipinski definition) is 8. The molecule has 0 spiro atoms. The standard InChI is InChI=1S/C18H16ClFN2O3.C18H17ClN2O3/c1-4-22-14-8-16(19)21-9-10(14)5-13(18(22)23)12-6-11(24-2)7-15(25-3)17(12)20;1-4-21-16-9-17(19)20-10-12(16)7-15(18(21)22)11-5-13(23-2)8-14(6-11)24-3/h5-9H,4H2,1-3H3;5-10H,4H2,1-3H3. The first-order chi connectivity index (χ1) is 23.6. The number of hydrogen-bond donors (Lipinski definition) is 0. The van der Waals surface area contributed by atoms with E-state index < -0.39 is 5.82 Å². The van der Waals surface area contributed by atoms with Crippen LogP contribution in [-0.2, 0) is 13.1 Å². The van der Waals surface area contributed by atoms with Crippen LogP contribution in [-0.4, -0.2) is 47.5 Å². The summed E-state index contributed by atoms with van der Waals surface area (Å²) in [6.45, 7) is 4.70. The first-order valence-corrected chi connectivity index (χ1v) is 15.9. The van der Waals surface area contributed by atoms with E-state index in [1.807, 2.05) is 32.0 Å². The number of methoxy groups -OCH3 is 4. The number of rotatable bonds is 8. The maximum atomic E-state index is 14.8. The van der Waals surface area contributed by atoms with Crippen molar-refractivity contribution in [1.82, 2.24) is 19.1 Å². The minimum atomic E-state index is -0.621. The van der Waals surface area contributed by atoms with Gasteiger partial charge in [-0.2, -0.15) is 0 Å². The molecule has 0 amide bonds. The highest BCUT2D eigenvalue weighted by molar-refractivity contribution is 6.30. The van der Waals surface area contributed by atoms with Gasteiger partial charge in [0.2, 0.25) is 0 Å². The van der Waals surface area contributed by atoms with E-state index in [0.717, 1.165) is 16.5 Å². The lowest BCUT2D eigenvalue weighted by atomic mass is 10.0. The third-order valence-corrected chi connectivity index (χ3v) is 8.36. The highest BCUT2D eigenvalue weighted by Crippen LogP contribution is 2.34. The third kappa shape index (κ3) is 7.04. The Labute approximate surface area is 291 Å². The molecule has 0 bridgehead atoms. The average molecular weight is 708 g/mol. The molecule has 0 aliphatic carbocycles. The van der Waals surface area contributed by atoms with Gasteiger partial charge >= 0.3 is 0 Å². The van der Waals surface area contributed by atoms with Gasteiger partial charge in [0.25, 0.3) is 11.1 Å². The Morgan fingerprint density at radius 1 is 0.612 bits per heavy atom. The second kappa shape index (κ2) is 15.0. The number of benzene rings is 2. The van der Waals surface area contributed by atoms with Gasteiger partial charge in [-0.3, -0.25) is 9.59 Å². The second-order valence-electron chi connectivity index (χ2n) is 10.6. The molecule has 0 aliphatic heterocycles. The number of aromatic nitrogens is 4. The Morgan fingerprint density at radius 3 is 1.55 bits per heavy atom. The lowest BCUT2D eigenvalue weighted by Crippen LogP contribution is -2.21. The van der Waals surface area contributed by atoms with Crippen LogP contribution in [0.1, 0.15) is 13.8 Å². The van der Waals surface area contributed by atoms with Crippen molar-refractivity contribution in [3.05, 3.63) is 104 Å². The minimum Gasteiger partial charge on any atom is -0.497 e. The van der Waals surface area contributed by atoms with Crippen molar-refractivity contribution in [3.63, 3.8) is 0 Å². The molecule has 0 aliphatic rings. The lowest BCUT2D eigenvalue weighted by molar-refractivity contribution is 0.375.